The molecule has 1 fully saturated rings. The van der Waals surface area contributed by atoms with Gasteiger partial charge >= 0.3 is 0 Å². The molecular formula is C9H18N2O2. The summed E-state index contributed by atoms with van der Waals surface area (Å²) in [6.07, 6.45) is 5.00. The number of hydrogen-bond donors (Lipinski definition) is 2. The lowest BCUT2D eigenvalue weighted by Crippen LogP contribution is -2.43. The monoisotopic (exact) mass is 186 g/mol. The first-order chi connectivity index (χ1) is 6.27. The molecule has 1 aliphatic rings. The molecule has 1 saturated carbocycles. The van der Waals surface area contributed by atoms with Gasteiger partial charge in [-0.25, -0.2) is 5.84 Å². The quantitative estimate of drug-likeness (QED) is 0.377. The van der Waals surface area contributed by atoms with Gasteiger partial charge in [0.05, 0.1) is 6.10 Å². The first kappa shape index (κ1) is 10.5. The zero-order valence-corrected chi connectivity index (χ0v) is 8.08. The third-order valence-corrected chi connectivity index (χ3v) is 2.39. The van der Waals surface area contributed by atoms with Gasteiger partial charge in [0.15, 0.2) is 0 Å². The molecule has 1 aliphatic carbocycles. The maximum atomic E-state index is 11.2. The van der Waals surface area contributed by atoms with Crippen molar-refractivity contribution in [3.05, 3.63) is 0 Å². The van der Waals surface area contributed by atoms with Crippen molar-refractivity contribution in [2.75, 3.05) is 0 Å². The Morgan fingerprint density at radius 3 is 2.77 bits per heavy atom. The zero-order valence-electron chi connectivity index (χ0n) is 8.08. The number of ether oxygens (including phenoxy) is 1. The minimum absolute atomic E-state index is 0.200. The molecule has 0 bridgehead atoms. The second-order valence-corrected chi connectivity index (χ2v) is 3.47. The molecule has 76 valence electrons. The highest BCUT2D eigenvalue weighted by Gasteiger charge is 2.25. The maximum Gasteiger partial charge on any atom is 0.262 e. The van der Waals surface area contributed by atoms with Crippen LogP contribution < -0.4 is 11.3 Å². The lowest BCUT2D eigenvalue weighted by molar-refractivity contribution is -0.141. The molecule has 0 saturated heterocycles. The van der Waals surface area contributed by atoms with Gasteiger partial charge in [-0.1, -0.05) is 13.3 Å². The normalized spacial score (nSPS) is 19.2. The molecule has 0 aromatic heterocycles. The van der Waals surface area contributed by atoms with E-state index >= 15 is 0 Å². The molecule has 1 amide bonds. The number of carbonyl (C=O) groups is 1. The van der Waals surface area contributed by atoms with Crippen LogP contribution >= 0.6 is 0 Å². The fourth-order valence-corrected chi connectivity index (χ4v) is 1.36. The highest BCUT2D eigenvalue weighted by molar-refractivity contribution is 5.80. The van der Waals surface area contributed by atoms with Crippen LogP contribution in [0.15, 0.2) is 0 Å². The van der Waals surface area contributed by atoms with Crippen LogP contribution in [0.4, 0.5) is 0 Å². The molecule has 13 heavy (non-hydrogen) atoms. The second kappa shape index (κ2) is 5.19. The number of amides is 1. The van der Waals surface area contributed by atoms with Crippen LogP contribution in [0.25, 0.3) is 0 Å². The van der Waals surface area contributed by atoms with Gasteiger partial charge < -0.3 is 4.74 Å². The zero-order chi connectivity index (χ0) is 9.68. The number of nitrogens with one attached hydrogen (secondary N) is 1. The van der Waals surface area contributed by atoms with Gasteiger partial charge in [0, 0.05) is 0 Å². The molecule has 0 spiro atoms. The van der Waals surface area contributed by atoms with E-state index in [0.717, 1.165) is 25.7 Å². The lowest BCUT2D eigenvalue weighted by atomic mass is 9.96. The predicted molar refractivity (Wildman–Crippen MR) is 49.8 cm³/mol. The van der Waals surface area contributed by atoms with E-state index in [4.69, 9.17) is 10.6 Å². The van der Waals surface area contributed by atoms with Crippen LogP contribution in [0.2, 0.25) is 0 Å². The van der Waals surface area contributed by atoms with Gasteiger partial charge in [-0.15, -0.1) is 0 Å². The van der Waals surface area contributed by atoms with Crippen molar-refractivity contribution in [2.45, 2.75) is 51.2 Å². The van der Waals surface area contributed by atoms with Gasteiger partial charge in [0.1, 0.15) is 6.10 Å². The second-order valence-electron chi connectivity index (χ2n) is 3.47. The molecule has 0 aliphatic heterocycles. The molecular weight excluding hydrogens is 168 g/mol. The average molecular weight is 186 g/mol. The third-order valence-electron chi connectivity index (χ3n) is 2.39. The van der Waals surface area contributed by atoms with Crippen molar-refractivity contribution < 1.29 is 9.53 Å². The van der Waals surface area contributed by atoms with Crippen molar-refractivity contribution in [1.82, 2.24) is 5.43 Å². The summed E-state index contributed by atoms with van der Waals surface area (Å²) in [6.45, 7) is 2.03. The van der Waals surface area contributed by atoms with Gasteiger partial charge in [0.25, 0.3) is 5.91 Å². The molecule has 4 heteroatoms. The van der Waals surface area contributed by atoms with Crippen LogP contribution in [0.1, 0.15) is 39.0 Å². The van der Waals surface area contributed by atoms with Crippen LogP contribution in [-0.4, -0.2) is 18.1 Å². The van der Waals surface area contributed by atoms with E-state index in [9.17, 15) is 4.79 Å². The lowest BCUT2D eigenvalue weighted by Gasteiger charge is -2.29. The third kappa shape index (κ3) is 2.97. The molecule has 0 aromatic carbocycles. The Bertz CT molecular complexity index is 169. The van der Waals surface area contributed by atoms with Crippen molar-refractivity contribution in [2.24, 2.45) is 5.84 Å². The van der Waals surface area contributed by atoms with E-state index in [-0.39, 0.29) is 18.1 Å². The molecule has 1 rings (SSSR count). The molecule has 4 nitrogen and oxygen atoms in total. The Kier molecular flexibility index (Phi) is 4.18. The van der Waals surface area contributed by atoms with Crippen molar-refractivity contribution >= 4 is 5.91 Å². The summed E-state index contributed by atoms with van der Waals surface area (Å²) in [5, 5.41) is 0. The van der Waals surface area contributed by atoms with Crippen molar-refractivity contribution in [1.29, 1.82) is 0 Å². The van der Waals surface area contributed by atoms with Gasteiger partial charge in [-0.05, 0) is 25.7 Å². The van der Waals surface area contributed by atoms with Crippen molar-refractivity contribution in [3.63, 3.8) is 0 Å². The molecule has 0 heterocycles. The van der Waals surface area contributed by atoms with E-state index in [0.29, 0.717) is 0 Å². The number of rotatable bonds is 5. The Balaban J connectivity index is 2.31. The van der Waals surface area contributed by atoms with E-state index in [1.54, 1.807) is 0 Å². The highest BCUT2D eigenvalue weighted by atomic mass is 16.5. The predicted octanol–water partition coefficient (Wildman–Crippen LogP) is 0.714. The van der Waals surface area contributed by atoms with E-state index in [1.165, 1.54) is 6.42 Å². The van der Waals surface area contributed by atoms with Crippen LogP contribution in [-0.2, 0) is 9.53 Å². The Hall–Kier alpha value is -0.610. The Morgan fingerprint density at radius 1 is 1.69 bits per heavy atom. The largest absolute Gasteiger partial charge is 0.365 e. The van der Waals surface area contributed by atoms with E-state index in [2.05, 4.69) is 5.43 Å². The number of nitrogens with two attached hydrogens (primary N) is 1. The SMILES string of the molecule is CCCC(OC1CCC1)C(=O)NN. The first-order valence-corrected chi connectivity index (χ1v) is 4.93. The fourth-order valence-electron chi connectivity index (χ4n) is 1.36. The molecule has 1 atom stereocenters. The molecule has 0 radical (unpaired) electrons. The first-order valence-electron chi connectivity index (χ1n) is 4.93. The van der Waals surface area contributed by atoms with Gasteiger partial charge in [0.2, 0.25) is 0 Å². The Labute approximate surface area is 78.8 Å². The summed E-state index contributed by atoms with van der Waals surface area (Å²) in [5.41, 5.74) is 2.14. The number of hydrogen-bond acceptors (Lipinski definition) is 3. The summed E-state index contributed by atoms with van der Waals surface area (Å²) in [4.78, 5) is 11.2. The maximum absolute atomic E-state index is 11.2. The van der Waals surface area contributed by atoms with Gasteiger partial charge in [-0.2, -0.15) is 0 Å². The summed E-state index contributed by atoms with van der Waals surface area (Å²) in [6, 6.07) is 0. The summed E-state index contributed by atoms with van der Waals surface area (Å²) in [5.74, 6) is 4.86. The minimum atomic E-state index is -0.347. The van der Waals surface area contributed by atoms with Crippen LogP contribution in [0.5, 0.6) is 0 Å². The summed E-state index contributed by atoms with van der Waals surface area (Å²) >= 11 is 0. The molecule has 3 N–H and O–H groups in total. The molecule has 0 aromatic rings. The summed E-state index contributed by atoms with van der Waals surface area (Å²) < 4.78 is 5.59. The number of hydrazine groups is 1. The highest BCUT2D eigenvalue weighted by Crippen LogP contribution is 2.24. The van der Waals surface area contributed by atoms with Crippen LogP contribution in [0, 0.1) is 0 Å². The van der Waals surface area contributed by atoms with E-state index in [1.807, 2.05) is 6.92 Å². The fraction of sp³-hybridized carbons (Fsp3) is 0.889. The van der Waals surface area contributed by atoms with Crippen LogP contribution in [0.3, 0.4) is 0 Å². The van der Waals surface area contributed by atoms with Gasteiger partial charge in [-0.3, -0.25) is 10.2 Å². The Morgan fingerprint density at radius 2 is 2.38 bits per heavy atom. The standard InChI is InChI=1S/C9H18N2O2/c1-2-4-8(9(12)11-10)13-7-5-3-6-7/h7-8H,2-6,10H2,1H3,(H,11,12). The smallest absolute Gasteiger partial charge is 0.262 e. The topological polar surface area (TPSA) is 64.3 Å². The van der Waals surface area contributed by atoms with Crippen molar-refractivity contribution in [3.8, 4) is 0 Å². The minimum Gasteiger partial charge on any atom is -0.365 e. The number of carbonyl (C=O) groups excluding carboxylic acids is 1. The molecule has 1 unspecified atom stereocenters. The summed E-state index contributed by atoms with van der Waals surface area (Å²) in [7, 11) is 0. The van der Waals surface area contributed by atoms with E-state index < -0.39 is 0 Å². The average Bonchev–Trinajstić information content (AvgIpc) is 2.07.